The molecule has 0 aliphatic heterocycles. The number of rotatable bonds is 1. The molecule has 0 heterocycles. The van der Waals surface area contributed by atoms with E-state index in [0.717, 1.165) is 38.2 Å². The van der Waals surface area contributed by atoms with Gasteiger partial charge < -0.3 is 10.2 Å². The van der Waals surface area contributed by atoms with Crippen LogP contribution in [0.5, 0.6) is 0 Å². The molecule has 6 heteroatoms. The van der Waals surface area contributed by atoms with Crippen molar-refractivity contribution in [2.75, 3.05) is 6.61 Å². The molecule has 3 saturated carbocycles. The van der Waals surface area contributed by atoms with E-state index in [1.165, 1.54) is 5.57 Å². The van der Waals surface area contributed by atoms with Crippen LogP contribution in [-0.2, 0) is 0 Å². The Morgan fingerprint density at radius 1 is 1.18 bits per heavy atom. The standard InChI is InChI=1S/C22H28F3NO2/c1-19-8-6-18-16(17(19)5-3-14(19)7-11-26)4-2-15-12-21(28,22(23,24)25)10-9-20(15,18)13-27/h7,12,16-18,27-28H,2-6,8-10,13H2,1H3/b14-7-/t16-,17-,18-,19+,20+,21+/m0/s1. The molecule has 0 aromatic heterocycles. The van der Waals surface area contributed by atoms with Crippen molar-refractivity contribution in [1.82, 2.24) is 0 Å². The molecular formula is C22H28F3NO2. The van der Waals surface area contributed by atoms with Gasteiger partial charge in [-0.25, -0.2) is 0 Å². The van der Waals surface area contributed by atoms with Gasteiger partial charge in [0, 0.05) is 11.5 Å². The Morgan fingerprint density at radius 3 is 2.57 bits per heavy atom. The summed E-state index contributed by atoms with van der Waals surface area (Å²) in [5.41, 5.74) is -1.59. The smallest absolute Gasteiger partial charge is 0.395 e. The van der Waals surface area contributed by atoms with Gasteiger partial charge in [0.15, 0.2) is 5.60 Å². The molecule has 3 nitrogen and oxygen atoms in total. The van der Waals surface area contributed by atoms with Crippen LogP contribution in [0.25, 0.3) is 0 Å². The maximum absolute atomic E-state index is 13.4. The van der Waals surface area contributed by atoms with E-state index in [-0.39, 0.29) is 30.8 Å². The van der Waals surface area contributed by atoms with Crippen LogP contribution in [-0.4, -0.2) is 28.6 Å². The van der Waals surface area contributed by atoms with E-state index in [1.54, 1.807) is 6.08 Å². The Bertz CT molecular complexity index is 767. The highest BCUT2D eigenvalue weighted by atomic mass is 19.4. The summed E-state index contributed by atoms with van der Waals surface area (Å²) in [6.07, 6.45) is 2.82. The molecule has 0 radical (unpaired) electrons. The molecule has 0 unspecified atom stereocenters. The molecule has 2 N–H and O–H groups in total. The van der Waals surface area contributed by atoms with Crippen molar-refractivity contribution in [2.24, 2.45) is 28.6 Å². The topological polar surface area (TPSA) is 64.2 Å². The first-order valence-electron chi connectivity index (χ1n) is 10.3. The minimum Gasteiger partial charge on any atom is -0.395 e. The Kier molecular flexibility index (Phi) is 4.52. The zero-order chi connectivity index (χ0) is 20.4. The van der Waals surface area contributed by atoms with E-state index >= 15 is 0 Å². The van der Waals surface area contributed by atoms with Crippen LogP contribution in [0.15, 0.2) is 23.3 Å². The molecule has 6 atom stereocenters. The van der Waals surface area contributed by atoms with Crippen molar-refractivity contribution in [3.63, 3.8) is 0 Å². The average Bonchev–Trinajstić information content (AvgIpc) is 2.97. The van der Waals surface area contributed by atoms with E-state index in [2.05, 4.69) is 13.0 Å². The molecule has 4 aliphatic rings. The van der Waals surface area contributed by atoms with Crippen LogP contribution in [0.2, 0.25) is 0 Å². The third kappa shape index (κ3) is 2.55. The number of fused-ring (bicyclic) bond motifs is 5. The Labute approximate surface area is 163 Å². The van der Waals surface area contributed by atoms with Gasteiger partial charge in [0.05, 0.1) is 12.7 Å². The van der Waals surface area contributed by atoms with Crippen LogP contribution < -0.4 is 0 Å². The van der Waals surface area contributed by atoms with Gasteiger partial charge in [-0.2, -0.15) is 18.4 Å². The van der Waals surface area contributed by atoms with Crippen LogP contribution in [0.3, 0.4) is 0 Å². The molecule has 3 fully saturated rings. The molecule has 0 saturated heterocycles. The number of alkyl halides is 3. The van der Waals surface area contributed by atoms with Gasteiger partial charge in [-0.15, -0.1) is 0 Å². The van der Waals surface area contributed by atoms with E-state index in [1.807, 2.05) is 0 Å². The lowest BCUT2D eigenvalue weighted by atomic mass is 9.46. The van der Waals surface area contributed by atoms with Crippen molar-refractivity contribution in [2.45, 2.75) is 70.1 Å². The van der Waals surface area contributed by atoms with E-state index in [4.69, 9.17) is 5.26 Å². The minimum atomic E-state index is -4.69. The van der Waals surface area contributed by atoms with Gasteiger partial charge in [-0.1, -0.05) is 18.1 Å². The quantitative estimate of drug-likeness (QED) is 0.501. The molecular weight excluding hydrogens is 367 g/mol. The first-order valence-corrected chi connectivity index (χ1v) is 10.3. The molecule has 0 amide bonds. The lowest BCUT2D eigenvalue weighted by Gasteiger charge is -2.59. The molecule has 4 aliphatic carbocycles. The van der Waals surface area contributed by atoms with Gasteiger partial charge in [-0.3, -0.25) is 0 Å². The summed E-state index contributed by atoms with van der Waals surface area (Å²) in [4.78, 5) is 0. The number of hydrogen-bond donors (Lipinski definition) is 2. The predicted molar refractivity (Wildman–Crippen MR) is 97.8 cm³/mol. The van der Waals surface area contributed by atoms with Crippen molar-refractivity contribution in [3.8, 4) is 6.07 Å². The van der Waals surface area contributed by atoms with Crippen LogP contribution in [0.1, 0.15) is 58.3 Å². The maximum atomic E-state index is 13.4. The van der Waals surface area contributed by atoms with Gasteiger partial charge in [0.2, 0.25) is 0 Å². The first kappa shape index (κ1) is 20.0. The fourth-order valence-electron chi connectivity index (χ4n) is 7.21. The number of nitrogens with zero attached hydrogens (tertiary/aromatic N) is 1. The predicted octanol–water partition coefficient (Wildman–Crippen LogP) is 4.66. The second-order valence-corrected chi connectivity index (χ2v) is 9.61. The lowest BCUT2D eigenvalue weighted by molar-refractivity contribution is -0.249. The fourth-order valence-corrected chi connectivity index (χ4v) is 7.21. The molecule has 0 bridgehead atoms. The summed E-state index contributed by atoms with van der Waals surface area (Å²) < 4.78 is 40.2. The summed E-state index contributed by atoms with van der Waals surface area (Å²) in [6, 6.07) is 2.18. The van der Waals surface area contributed by atoms with Crippen molar-refractivity contribution in [3.05, 3.63) is 23.3 Å². The highest BCUT2D eigenvalue weighted by Gasteiger charge is 2.62. The molecule has 28 heavy (non-hydrogen) atoms. The van der Waals surface area contributed by atoms with Gasteiger partial charge in [-0.05, 0) is 80.6 Å². The maximum Gasteiger partial charge on any atom is 0.420 e. The minimum absolute atomic E-state index is 0.00384. The number of allylic oxidation sites excluding steroid dienone is 2. The zero-order valence-electron chi connectivity index (χ0n) is 16.2. The fraction of sp³-hybridized carbons (Fsp3) is 0.773. The second kappa shape index (κ2) is 6.34. The van der Waals surface area contributed by atoms with E-state index < -0.39 is 17.2 Å². The molecule has 0 aromatic rings. The summed E-state index contributed by atoms with van der Waals surface area (Å²) >= 11 is 0. The molecule has 4 rings (SSSR count). The number of aliphatic hydroxyl groups excluding tert-OH is 1. The van der Waals surface area contributed by atoms with Crippen molar-refractivity contribution < 1.29 is 23.4 Å². The Hall–Kier alpha value is -1.32. The van der Waals surface area contributed by atoms with Gasteiger partial charge >= 0.3 is 6.18 Å². The van der Waals surface area contributed by atoms with Crippen molar-refractivity contribution >= 4 is 0 Å². The Morgan fingerprint density at radius 2 is 1.93 bits per heavy atom. The Balaban J connectivity index is 1.70. The largest absolute Gasteiger partial charge is 0.420 e. The van der Waals surface area contributed by atoms with Crippen LogP contribution in [0, 0.1) is 39.9 Å². The normalized spacial score (nSPS) is 47.0. The summed E-state index contributed by atoms with van der Waals surface area (Å²) in [7, 11) is 0. The summed E-state index contributed by atoms with van der Waals surface area (Å²) in [5.74, 6) is 0.916. The van der Waals surface area contributed by atoms with Gasteiger partial charge in [0.25, 0.3) is 0 Å². The van der Waals surface area contributed by atoms with Crippen LogP contribution >= 0.6 is 0 Å². The third-order valence-electron chi connectivity index (χ3n) is 8.76. The molecule has 0 spiro atoms. The van der Waals surface area contributed by atoms with Gasteiger partial charge in [0.1, 0.15) is 0 Å². The average molecular weight is 395 g/mol. The highest BCUT2D eigenvalue weighted by Crippen LogP contribution is 2.67. The molecule has 154 valence electrons. The molecule has 0 aromatic carbocycles. The number of nitriles is 1. The number of hydrogen-bond acceptors (Lipinski definition) is 3. The lowest BCUT2D eigenvalue weighted by Crippen LogP contribution is -2.56. The summed E-state index contributed by atoms with van der Waals surface area (Å²) in [5, 5.41) is 29.7. The first-order chi connectivity index (χ1) is 13.1. The number of halogens is 3. The summed E-state index contributed by atoms with van der Waals surface area (Å²) in [6.45, 7) is 2.09. The third-order valence-corrected chi connectivity index (χ3v) is 8.76. The zero-order valence-corrected chi connectivity index (χ0v) is 16.2. The highest BCUT2D eigenvalue weighted by molar-refractivity contribution is 5.33. The monoisotopic (exact) mass is 395 g/mol. The van der Waals surface area contributed by atoms with Crippen LogP contribution in [0.4, 0.5) is 13.2 Å². The number of aliphatic hydroxyl groups is 2. The van der Waals surface area contributed by atoms with E-state index in [0.29, 0.717) is 23.8 Å². The second-order valence-electron chi connectivity index (χ2n) is 9.61. The van der Waals surface area contributed by atoms with Crippen molar-refractivity contribution in [1.29, 1.82) is 5.26 Å². The SMILES string of the molecule is C[C@]12CC[C@H]3[C@@H](CCC4=C[C@@](O)(C(F)(F)F)CC[C@@]43CO)[C@@H]1CC/C2=C/C#N. The van der Waals surface area contributed by atoms with E-state index in [9.17, 15) is 23.4 Å².